The van der Waals surface area contributed by atoms with Crippen molar-refractivity contribution in [2.24, 2.45) is 0 Å². The Morgan fingerprint density at radius 3 is 2.66 bits per heavy atom. The van der Waals surface area contributed by atoms with Gasteiger partial charge in [0, 0.05) is 35.0 Å². The van der Waals surface area contributed by atoms with E-state index in [1.54, 1.807) is 6.20 Å². The summed E-state index contributed by atoms with van der Waals surface area (Å²) in [7, 11) is -3.70. The van der Waals surface area contributed by atoms with Crippen LogP contribution in [-0.2, 0) is 29.3 Å². The van der Waals surface area contributed by atoms with Gasteiger partial charge < -0.3 is 4.98 Å². The van der Waals surface area contributed by atoms with Crippen molar-refractivity contribution in [1.82, 2.24) is 14.7 Å². The third-order valence-corrected chi connectivity index (χ3v) is 7.37. The van der Waals surface area contributed by atoms with Crippen LogP contribution in [0, 0.1) is 5.82 Å². The van der Waals surface area contributed by atoms with Gasteiger partial charge in [-0.15, -0.1) is 12.4 Å². The number of benzene rings is 2. The van der Waals surface area contributed by atoms with E-state index in [4.69, 9.17) is 0 Å². The number of nitrogens with zero attached hydrogens (tertiary/aromatic N) is 1. The summed E-state index contributed by atoms with van der Waals surface area (Å²) in [5.41, 5.74) is 5.75. The van der Waals surface area contributed by atoms with Crippen LogP contribution in [0.15, 0.2) is 71.9 Å². The first kappa shape index (κ1) is 22.5. The Morgan fingerprint density at radius 1 is 1.09 bits per heavy atom. The molecule has 32 heavy (non-hydrogen) atoms. The molecule has 2 N–H and O–H groups in total. The van der Waals surface area contributed by atoms with Gasteiger partial charge in [0.1, 0.15) is 5.82 Å². The zero-order valence-electron chi connectivity index (χ0n) is 17.2. The first-order chi connectivity index (χ1) is 15.0. The SMILES string of the molecule is Cl.O=S(=O)(NC1CCc2[nH]c3ccc(Cc4cccnc4)cc3c2C1)c1ccc(F)cc1. The predicted molar refractivity (Wildman–Crippen MR) is 125 cm³/mol. The Morgan fingerprint density at radius 2 is 1.91 bits per heavy atom. The number of nitrogens with one attached hydrogen (secondary N) is 2. The normalized spacial score (nSPS) is 15.8. The van der Waals surface area contributed by atoms with Crippen molar-refractivity contribution < 1.29 is 12.8 Å². The summed E-state index contributed by atoms with van der Waals surface area (Å²) < 4.78 is 41.4. The molecule has 1 aliphatic carbocycles. The van der Waals surface area contributed by atoms with Gasteiger partial charge in [-0.05, 0) is 84.8 Å². The van der Waals surface area contributed by atoms with Crippen LogP contribution in [0.1, 0.15) is 28.8 Å². The van der Waals surface area contributed by atoms with Crippen LogP contribution in [0.5, 0.6) is 0 Å². The van der Waals surface area contributed by atoms with E-state index in [-0.39, 0.29) is 23.3 Å². The molecule has 2 heterocycles. The van der Waals surface area contributed by atoms with Gasteiger partial charge in [-0.25, -0.2) is 17.5 Å². The van der Waals surface area contributed by atoms with Gasteiger partial charge in [-0.2, -0.15) is 0 Å². The van der Waals surface area contributed by atoms with E-state index < -0.39 is 15.8 Å². The van der Waals surface area contributed by atoms with Gasteiger partial charge >= 0.3 is 0 Å². The van der Waals surface area contributed by atoms with Crippen molar-refractivity contribution in [3.05, 3.63) is 95.2 Å². The lowest BCUT2D eigenvalue weighted by atomic mass is 9.91. The Balaban J connectivity index is 0.00000245. The minimum Gasteiger partial charge on any atom is -0.358 e. The maximum absolute atomic E-state index is 13.2. The lowest BCUT2D eigenvalue weighted by molar-refractivity contribution is 0.506. The molecule has 0 spiro atoms. The average molecular weight is 472 g/mol. The van der Waals surface area contributed by atoms with Gasteiger partial charge in [-0.1, -0.05) is 12.1 Å². The number of fused-ring (bicyclic) bond motifs is 3. The van der Waals surface area contributed by atoms with Gasteiger partial charge in [-0.3, -0.25) is 4.98 Å². The second kappa shape index (κ2) is 9.02. The van der Waals surface area contributed by atoms with Crippen LogP contribution in [0.2, 0.25) is 0 Å². The first-order valence-electron chi connectivity index (χ1n) is 10.3. The van der Waals surface area contributed by atoms with Gasteiger partial charge in [0.25, 0.3) is 0 Å². The number of H-pyrrole nitrogens is 1. The number of hydrogen-bond acceptors (Lipinski definition) is 3. The molecule has 8 heteroatoms. The summed E-state index contributed by atoms with van der Waals surface area (Å²) in [4.78, 5) is 7.76. The molecular formula is C24H23ClFN3O2S. The number of aryl methyl sites for hydroxylation is 1. The summed E-state index contributed by atoms with van der Waals surface area (Å²) in [5, 5.41) is 1.14. The molecule has 4 aromatic rings. The number of sulfonamides is 1. The first-order valence-corrected chi connectivity index (χ1v) is 11.8. The third-order valence-electron chi connectivity index (χ3n) is 5.83. The van der Waals surface area contributed by atoms with Crippen LogP contribution in [0.25, 0.3) is 10.9 Å². The van der Waals surface area contributed by atoms with Crippen molar-refractivity contribution in [3.63, 3.8) is 0 Å². The van der Waals surface area contributed by atoms with Crippen molar-refractivity contribution in [2.45, 2.75) is 36.6 Å². The Labute approximate surface area is 192 Å². The molecule has 5 rings (SSSR count). The van der Waals surface area contributed by atoms with E-state index in [0.29, 0.717) is 12.8 Å². The highest BCUT2D eigenvalue weighted by atomic mass is 35.5. The third kappa shape index (κ3) is 4.55. The lowest BCUT2D eigenvalue weighted by Crippen LogP contribution is -2.38. The highest BCUT2D eigenvalue weighted by Gasteiger charge is 2.27. The van der Waals surface area contributed by atoms with Crippen LogP contribution >= 0.6 is 12.4 Å². The molecule has 0 radical (unpaired) electrons. The summed E-state index contributed by atoms with van der Waals surface area (Å²) in [5.74, 6) is -0.456. The smallest absolute Gasteiger partial charge is 0.240 e. The molecule has 1 unspecified atom stereocenters. The molecule has 2 aromatic heterocycles. The molecule has 0 aliphatic heterocycles. The molecule has 5 nitrogen and oxygen atoms in total. The number of halogens is 2. The predicted octanol–water partition coefficient (Wildman–Crippen LogP) is 4.55. The monoisotopic (exact) mass is 471 g/mol. The summed E-state index contributed by atoms with van der Waals surface area (Å²) >= 11 is 0. The highest BCUT2D eigenvalue weighted by Crippen LogP contribution is 2.31. The van der Waals surface area contributed by atoms with Crippen molar-refractivity contribution in [3.8, 4) is 0 Å². The molecule has 0 amide bonds. The zero-order valence-corrected chi connectivity index (χ0v) is 18.8. The van der Waals surface area contributed by atoms with Crippen molar-refractivity contribution in [1.29, 1.82) is 0 Å². The topological polar surface area (TPSA) is 74.8 Å². The van der Waals surface area contributed by atoms with E-state index >= 15 is 0 Å². The van der Waals surface area contributed by atoms with E-state index in [0.717, 1.165) is 41.4 Å². The van der Waals surface area contributed by atoms with Crippen LogP contribution in [0.3, 0.4) is 0 Å². The fraction of sp³-hybridized carbons (Fsp3) is 0.208. The maximum atomic E-state index is 13.2. The van der Waals surface area contributed by atoms with E-state index in [1.165, 1.54) is 29.0 Å². The molecule has 1 aliphatic rings. The van der Waals surface area contributed by atoms with Crippen LogP contribution in [-0.4, -0.2) is 24.4 Å². The molecule has 166 valence electrons. The number of pyridine rings is 1. The Hall–Kier alpha value is -2.74. The Kier molecular flexibility index (Phi) is 6.33. The maximum Gasteiger partial charge on any atom is 0.240 e. The largest absolute Gasteiger partial charge is 0.358 e. The quantitative estimate of drug-likeness (QED) is 0.448. The fourth-order valence-electron chi connectivity index (χ4n) is 4.31. The zero-order chi connectivity index (χ0) is 21.4. The molecule has 1 atom stereocenters. The van der Waals surface area contributed by atoms with E-state index in [9.17, 15) is 12.8 Å². The Bertz CT molecular complexity index is 1340. The average Bonchev–Trinajstić information content (AvgIpc) is 3.12. The standard InChI is InChI=1S/C24H22FN3O2S.ClH/c25-18-4-7-20(8-5-18)31(29,30)28-19-6-10-24-22(14-19)21-13-16(3-9-23(21)27-24)12-17-2-1-11-26-15-17;/h1-5,7-9,11,13,15,19,27-28H,6,10,12,14H2;1H. The number of aromatic amines is 1. The van der Waals surface area contributed by atoms with Gasteiger partial charge in [0.05, 0.1) is 4.90 Å². The second-order valence-electron chi connectivity index (χ2n) is 8.02. The summed E-state index contributed by atoms with van der Waals surface area (Å²) in [6, 6.07) is 15.1. The molecule has 2 aromatic carbocycles. The van der Waals surface area contributed by atoms with Crippen molar-refractivity contribution >= 4 is 33.3 Å². The molecule has 0 fully saturated rings. The second-order valence-corrected chi connectivity index (χ2v) is 9.73. The minimum absolute atomic E-state index is 0. The van der Waals surface area contributed by atoms with Crippen molar-refractivity contribution in [2.75, 3.05) is 0 Å². The minimum atomic E-state index is -3.70. The fourth-order valence-corrected chi connectivity index (χ4v) is 5.58. The van der Waals surface area contributed by atoms with Gasteiger partial charge in [0.15, 0.2) is 0 Å². The summed E-state index contributed by atoms with van der Waals surface area (Å²) in [6.45, 7) is 0. The van der Waals surface area contributed by atoms with Gasteiger partial charge in [0.2, 0.25) is 10.0 Å². The van der Waals surface area contributed by atoms with Crippen LogP contribution < -0.4 is 4.72 Å². The highest BCUT2D eigenvalue weighted by molar-refractivity contribution is 7.89. The number of aromatic nitrogens is 2. The molecule has 0 bridgehead atoms. The van der Waals surface area contributed by atoms with Crippen LogP contribution in [0.4, 0.5) is 4.39 Å². The number of rotatable bonds is 5. The lowest BCUT2D eigenvalue weighted by Gasteiger charge is -2.23. The van der Waals surface area contributed by atoms with E-state index in [2.05, 4.69) is 39.0 Å². The molecule has 0 saturated heterocycles. The molecule has 0 saturated carbocycles. The summed E-state index contributed by atoms with van der Waals surface area (Å²) in [6.07, 6.45) is 6.54. The van der Waals surface area contributed by atoms with E-state index in [1.807, 2.05) is 12.3 Å². The molecular weight excluding hydrogens is 449 g/mol. The number of hydrogen-bond donors (Lipinski definition) is 2.